The van der Waals surface area contributed by atoms with E-state index >= 15 is 0 Å². The smallest absolute Gasteiger partial charge is 0.208 e. The van der Waals surface area contributed by atoms with Gasteiger partial charge in [-0.2, -0.15) is 0 Å². The second-order valence-electron chi connectivity index (χ2n) is 6.82. The largest absolute Gasteiger partial charge is 0.306 e. The van der Waals surface area contributed by atoms with Crippen LogP contribution in [0.15, 0.2) is 83.2 Å². The normalized spacial score (nSPS) is 11.6. The molecule has 0 radical (unpaired) electrons. The maximum Gasteiger partial charge on any atom is 0.208 e. The summed E-state index contributed by atoms with van der Waals surface area (Å²) < 4.78 is 27.4. The molecule has 29 heavy (non-hydrogen) atoms. The van der Waals surface area contributed by atoms with Crippen molar-refractivity contribution in [1.82, 2.24) is 14.4 Å². The molecule has 0 aliphatic rings. The molecular weight excluding hydrogens is 386 g/mol. The predicted molar refractivity (Wildman–Crippen MR) is 109 cm³/mol. The van der Waals surface area contributed by atoms with Crippen LogP contribution >= 0.6 is 0 Å². The minimum absolute atomic E-state index is 0.0308. The highest BCUT2D eigenvalue weighted by atomic mass is 32.2. The van der Waals surface area contributed by atoms with Gasteiger partial charge in [0.05, 0.1) is 9.79 Å². The number of benzene rings is 1. The van der Waals surface area contributed by atoms with E-state index in [1.54, 1.807) is 68.1 Å². The summed E-state index contributed by atoms with van der Waals surface area (Å²) in [7, 11) is -3.61. The second kappa shape index (κ2) is 7.60. The Kier molecular flexibility index (Phi) is 4.98. The van der Waals surface area contributed by atoms with E-state index < -0.39 is 9.84 Å². The summed E-state index contributed by atoms with van der Waals surface area (Å²) in [5.41, 5.74) is 2.98. The number of aryl methyl sites for hydroxylation is 2. The van der Waals surface area contributed by atoms with Gasteiger partial charge in [0, 0.05) is 43.0 Å². The van der Waals surface area contributed by atoms with Crippen LogP contribution in [0, 0.1) is 6.92 Å². The van der Waals surface area contributed by atoms with Gasteiger partial charge in [-0.05, 0) is 54.8 Å². The number of hydrogen-bond donors (Lipinski definition) is 0. The standard InChI is InChI=1S/C22H19N3O3S/c1-16-10-11-23-14-21(16)29(27,28)19-6-2-17(3-7-19)4-8-20(26)18-5-9-22-24-12-13-25(22)15-18/h2-3,5-7,9-15H,4,8H2,1H3. The molecule has 0 aliphatic carbocycles. The second-order valence-corrected chi connectivity index (χ2v) is 8.74. The van der Waals surface area contributed by atoms with Crippen molar-refractivity contribution in [3.8, 4) is 0 Å². The molecule has 1 aromatic carbocycles. The number of fused-ring (bicyclic) bond motifs is 1. The predicted octanol–water partition coefficient (Wildman–Crippen LogP) is 3.69. The summed E-state index contributed by atoms with van der Waals surface area (Å²) in [6, 6.07) is 11.9. The number of hydrogen-bond acceptors (Lipinski definition) is 5. The van der Waals surface area contributed by atoms with Crippen LogP contribution in [0.5, 0.6) is 0 Å². The Morgan fingerprint density at radius 2 is 1.83 bits per heavy atom. The molecule has 4 aromatic rings. The van der Waals surface area contributed by atoms with Crippen LogP contribution in [0.2, 0.25) is 0 Å². The minimum atomic E-state index is -3.61. The first kappa shape index (κ1) is 19.0. The van der Waals surface area contributed by atoms with Crippen LogP contribution in [-0.2, 0) is 16.3 Å². The van der Waals surface area contributed by atoms with E-state index in [1.807, 2.05) is 10.5 Å². The van der Waals surface area contributed by atoms with Crippen LogP contribution in [0.1, 0.15) is 27.9 Å². The van der Waals surface area contributed by atoms with Crippen molar-refractivity contribution in [1.29, 1.82) is 0 Å². The quantitative estimate of drug-likeness (QED) is 0.457. The van der Waals surface area contributed by atoms with Crippen molar-refractivity contribution < 1.29 is 13.2 Å². The fourth-order valence-electron chi connectivity index (χ4n) is 3.18. The Bertz CT molecular complexity index is 1290. The molecule has 0 amide bonds. The van der Waals surface area contributed by atoms with Gasteiger partial charge in [-0.15, -0.1) is 0 Å². The number of pyridine rings is 2. The molecule has 146 valence electrons. The molecule has 0 atom stereocenters. The Morgan fingerprint density at radius 1 is 1.03 bits per heavy atom. The van der Waals surface area contributed by atoms with Gasteiger partial charge >= 0.3 is 0 Å². The highest BCUT2D eigenvalue weighted by Crippen LogP contribution is 2.23. The molecule has 4 rings (SSSR count). The SMILES string of the molecule is Cc1ccncc1S(=O)(=O)c1ccc(CCC(=O)c2ccc3nccn3c2)cc1. The molecule has 0 saturated heterocycles. The fourth-order valence-corrected chi connectivity index (χ4v) is 4.62. The minimum Gasteiger partial charge on any atom is -0.306 e. The van der Waals surface area contributed by atoms with E-state index in [9.17, 15) is 13.2 Å². The number of carbonyl (C=O) groups is 1. The average molecular weight is 405 g/mol. The molecule has 6 nitrogen and oxygen atoms in total. The molecule has 3 heterocycles. The number of Topliss-reactive ketones (excluding diaryl/α,β-unsaturated/α-hetero) is 1. The number of rotatable bonds is 6. The highest BCUT2D eigenvalue weighted by molar-refractivity contribution is 7.91. The lowest BCUT2D eigenvalue weighted by Crippen LogP contribution is -2.05. The van der Waals surface area contributed by atoms with Gasteiger partial charge in [0.15, 0.2) is 5.78 Å². The summed E-state index contributed by atoms with van der Waals surface area (Å²) in [4.78, 5) is 21.0. The third kappa shape index (κ3) is 3.82. The Morgan fingerprint density at radius 3 is 2.59 bits per heavy atom. The van der Waals surface area contributed by atoms with Crippen LogP contribution in [0.3, 0.4) is 0 Å². The van der Waals surface area contributed by atoms with Crippen molar-refractivity contribution in [2.75, 3.05) is 0 Å². The Balaban J connectivity index is 1.47. The number of imidazole rings is 1. The number of ketones is 1. The molecule has 0 N–H and O–H groups in total. The molecule has 0 unspecified atom stereocenters. The average Bonchev–Trinajstić information content (AvgIpc) is 3.20. The van der Waals surface area contributed by atoms with E-state index in [2.05, 4.69) is 9.97 Å². The molecule has 3 aromatic heterocycles. The van der Waals surface area contributed by atoms with Crippen LogP contribution in [0.25, 0.3) is 5.65 Å². The maximum absolute atomic E-state index is 12.8. The van der Waals surface area contributed by atoms with E-state index in [0.717, 1.165) is 11.2 Å². The Hall–Kier alpha value is -3.32. The van der Waals surface area contributed by atoms with Crippen LogP contribution in [-0.4, -0.2) is 28.6 Å². The zero-order valence-electron chi connectivity index (χ0n) is 15.8. The van der Waals surface area contributed by atoms with E-state index in [1.165, 1.54) is 6.20 Å². The van der Waals surface area contributed by atoms with E-state index in [4.69, 9.17) is 0 Å². The monoisotopic (exact) mass is 405 g/mol. The van der Waals surface area contributed by atoms with Gasteiger partial charge in [0.2, 0.25) is 9.84 Å². The topological polar surface area (TPSA) is 81.4 Å². The fraction of sp³-hybridized carbons (Fsp3) is 0.136. The number of aromatic nitrogens is 3. The van der Waals surface area contributed by atoms with Crippen LogP contribution < -0.4 is 0 Å². The lowest BCUT2D eigenvalue weighted by Gasteiger charge is -2.08. The number of nitrogens with zero attached hydrogens (tertiary/aromatic N) is 3. The summed E-state index contributed by atoms with van der Waals surface area (Å²) in [5, 5.41) is 0. The zero-order chi connectivity index (χ0) is 20.4. The molecule has 7 heteroatoms. The molecule has 0 aliphatic heterocycles. The molecule has 0 spiro atoms. The molecule has 0 bridgehead atoms. The lowest BCUT2D eigenvalue weighted by molar-refractivity contribution is 0.0982. The summed E-state index contributed by atoms with van der Waals surface area (Å²) in [5.74, 6) is 0.0308. The number of carbonyl (C=O) groups excluding carboxylic acids is 1. The maximum atomic E-state index is 12.8. The molecule has 0 saturated carbocycles. The van der Waals surface area contributed by atoms with Gasteiger partial charge in [0.25, 0.3) is 0 Å². The van der Waals surface area contributed by atoms with Crippen LogP contribution in [0.4, 0.5) is 0 Å². The highest BCUT2D eigenvalue weighted by Gasteiger charge is 2.20. The first-order chi connectivity index (χ1) is 13.9. The summed E-state index contributed by atoms with van der Waals surface area (Å²) in [6.07, 6.45) is 9.08. The van der Waals surface area contributed by atoms with Gasteiger partial charge in [-0.1, -0.05) is 12.1 Å². The van der Waals surface area contributed by atoms with Crippen molar-refractivity contribution in [2.24, 2.45) is 0 Å². The first-order valence-electron chi connectivity index (χ1n) is 9.16. The van der Waals surface area contributed by atoms with E-state index in [0.29, 0.717) is 24.0 Å². The molecular formula is C22H19N3O3S. The Labute approximate surface area is 168 Å². The molecule has 0 fully saturated rings. The van der Waals surface area contributed by atoms with Gasteiger partial charge in [-0.3, -0.25) is 9.78 Å². The first-order valence-corrected chi connectivity index (χ1v) is 10.6. The van der Waals surface area contributed by atoms with E-state index in [-0.39, 0.29) is 15.6 Å². The van der Waals surface area contributed by atoms with Crippen molar-refractivity contribution >= 4 is 21.3 Å². The van der Waals surface area contributed by atoms with Gasteiger partial charge in [-0.25, -0.2) is 13.4 Å². The third-order valence-corrected chi connectivity index (χ3v) is 6.76. The van der Waals surface area contributed by atoms with Crippen molar-refractivity contribution in [2.45, 2.75) is 29.6 Å². The third-order valence-electron chi connectivity index (χ3n) is 4.87. The van der Waals surface area contributed by atoms with Crippen molar-refractivity contribution in [3.05, 3.63) is 90.1 Å². The van der Waals surface area contributed by atoms with Gasteiger partial charge in [0.1, 0.15) is 5.65 Å². The lowest BCUT2D eigenvalue weighted by atomic mass is 10.0. The summed E-state index contributed by atoms with van der Waals surface area (Å²) >= 11 is 0. The zero-order valence-corrected chi connectivity index (χ0v) is 16.6. The number of sulfone groups is 1. The van der Waals surface area contributed by atoms with Crippen molar-refractivity contribution in [3.63, 3.8) is 0 Å². The van der Waals surface area contributed by atoms with Gasteiger partial charge < -0.3 is 4.40 Å². The summed E-state index contributed by atoms with van der Waals surface area (Å²) in [6.45, 7) is 1.75.